The minimum absolute atomic E-state index is 0.0642. The zero-order valence-electron chi connectivity index (χ0n) is 13.4. The van der Waals surface area contributed by atoms with Gasteiger partial charge in [0.2, 0.25) is 0 Å². The molecule has 2 aliphatic rings. The minimum atomic E-state index is -0.0700. The summed E-state index contributed by atoms with van der Waals surface area (Å²) in [4.78, 5) is 13.9. The van der Waals surface area contributed by atoms with Crippen LogP contribution < -0.4 is 0 Å². The molecule has 1 N–H and O–H groups in total. The van der Waals surface area contributed by atoms with Gasteiger partial charge in [-0.15, -0.1) is 0 Å². The Morgan fingerprint density at radius 2 is 2.05 bits per heavy atom. The Morgan fingerprint density at radius 1 is 1.19 bits per heavy atom. The molecule has 122 valence electrons. The summed E-state index contributed by atoms with van der Waals surface area (Å²) >= 11 is 0. The van der Waals surface area contributed by atoms with E-state index in [9.17, 15) is 9.90 Å². The van der Waals surface area contributed by atoms with E-state index in [-0.39, 0.29) is 12.1 Å². The predicted octanol–water partition coefficient (Wildman–Crippen LogP) is 2.74. The van der Waals surface area contributed by atoms with Crippen LogP contribution in [0.15, 0.2) is 0 Å². The number of hydrogen-bond donors (Lipinski definition) is 1. The van der Waals surface area contributed by atoms with Gasteiger partial charge in [-0.1, -0.05) is 12.8 Å². The van der Waals surface area contributed by atoms with Crippen LogP contribution in [0, 0.1) is 5.92 Å². The fraction of sp³-hybridized carbons (Fsp3) is 0.941. The van der Waals surface area contributed by atoms with Gasteiger partial charge in [-0.25, -0.2) is 0 Å². The topological polar surface area (TPSA) is 49.8 Å². The van der Waals surface area contributed by atoms with Crippen molar-refractivity contribution >= 4 is 5.97 Å². The molecule has 1 heterocycles. The Labute approximate surface area is 128 Å². The van der Waals surface area contributed by atoms with Crippen LogP contribution in [0.2, 0.25) is 0 Å². The number of aliphatic hydroxyl groups excluding tert-OH is 1. The summed E-state index contributed by atoms with van der Waals surface area (Å²) in [6, 6.07) is 0.604. The van der Waals surface area contributed by atoms with Crippen LogP contribution >= 0.6 is 0 Å². The lowest BCUT2D eigenvalue weighted by Gasteiger charge is -2.31. The molecule has 0 aromatic carbocycles. The van der Waals surface area contributed by atoms with Crippen LogP contribution in [0.4, 0.5) is 0 Å². The summed E-state index contributed by atoms with van der Waals surface area (Å²) in [5, 5.41) is 10.1. The molecule has 1 saturated heterocycles. The van der Waals surface area contributed by atoms with E-state index in [2.05, 4.69) is 4.90 Å². The largest absolute Gasteiger partial charge is 0.466 e. The number of likely N-dealkylation sites (tertiary alicyclic amines) is 1. The Morgan fingerprint density at radius 3 is 2.76 bits per heavy atom. The lowest BCUT2D eigenvalue weighted by molar-refractivity contribution is -0.143. The predicted molar refractivity (Wildman–Crippen MR) is 83.0 cm³/mol. The number of rotatable bonds is 8. The maximum absolute atomic E-state index is 11.3. The van der Waals surface area contributed by atoms with Crippen molar-refractivity contribution in [1.29, 1.82) is 0 Å². The van der Waals surface area contributed by atoms with Gasteiger partial charge in [-0.2, -0.15) is 0 Å². The average molecular weight is 297 g/mol. The first-order valence-corrected chi connectivity index (χ1v) is 8.80. The first-order chi connectivity index (χ1) is 10.2. The first-order valence-electron chi connectivity index (χ1n) is 8.80. The lowest BCUT2D eigenvalue weighted by atomic mass is 9.94. The molecule has 4 nitrogen and oxygen atoms in total. The average Bonchev–Trinajstić information content (AvgIpc) is 3.07. The normalized spacial score (nSPS) is 29.9. The van der Waals surface area contributed by atoms with Crippen LogP contribution in [0.5, 0.6) is 0 Å². The molecule has 2 rings (SSSR count). The number of carbonyl (C=O) groups is 1. The van der Waals surface area contributed by atoms with Gasteiger partial charge in [0.1, 0.15) is 0 Å². The van der Waals surface area contributed by atoms with E-state index in [1.54, 1.807) is 0 Å². The van der Waals surface area contributed by atoms with E-state index in [0.717, 1.165) is 32.2 Å². The fourth-order valence-corrected chi connectivity index (χ4v) is 4.03. The molecule has 0 amide bonds. The van der Waals surface area contributed by atoms with Crippen LogP contribution in [0.25, 0.3) is 0 Å². The summed E-state index contributed by atoms with van der Waals surface area (Å²) in [5.74, 6) is 0.442. The lowest BCUT2D eigenvalue weighted by Crippen LogP contribution is -2.39. The van der Waals surface area contributed by atoms with E-state index in [1.807, 2.05) is 6.92 Å². The molecule has 1 aliphatic heterocycles. The van der Waals surface area contributed by atoms with Gasteiger partial charge in [0.25, 0.3) is 0 Å². The Hall–Kier alpha value is -0.610. The van der Waals surface area contributed by atoms with Gasteiger partial charge >= 0.3 is 5.97 Å². The smallest absolute Gasteiger partial charge is 0.305 e. The quantitative estimate of drug-likeness (QED) is 0.553. The molecule has 2 fully saturated rings. The number of unbranched alkanes of at least 4 members (excludes halogenated alkanes) is 2. The third kappa shape index (κ3) is 4.96. The highest BCUT2D eigenvalue weighted by Gasteiger charge is 2.37. The molecular weight excluding hydrogens is 266 g/mol. The van der Waals surface area contributed by atoms with Gasteiger partial charge in [0, 0.05) is 18.4 Å². The summed E-state index contributed by atoms with van der Waals surface area (Å²) < 4.78 is 4.94. The molecule has 0 bridgehead atoms. The Balaban J connectivity index is 1.62. The van der Waals surface area contributed by atoms with E-state index >= 15 is 0 Å². The number of nitrogens with zero attached hydrogens (tertiary/aromatic N) is 1. The fourth-order valence-electron chi connectivity index (χ4n) is 4.03. The Bertz CT molecular complexity index is 321. The number of ether oxygens (including phenoxy) is 1. The molecule has 1 aliphatic carbocycles. The van der Waals surface area contributed by atoms with Crippen LogP contribution in [0.3, 0.4) is 0 Å². The van der Waals surface area contributed by atoms with Crippen molar-refractivity contribution in [3.63, 3.8) is 0 Å². The highest BCUT2D eigenvalue weighted by molar-refractivity contribution is 5.69. The standard InChI is InChI=1S/C17H31NO3/c1-2-21-17(20)11-4-3-5-12-18-13-7-9-15(18)14-8-6-10-16(14)19/h14-16,19H,2-13H2,1H3. The van der Waals surface area contributed by atoms with E-state index < -0.39 is 0 Å². The third-order valence-corrected chi connectivity index (χ3v) is 5.07. The number of aliphatic hydroxyl groups is 1. The summed E-state index contributed by atoms with van der Waals surface area (Å²) in [7, 11) is 0. The molecule has 0 spiro atoms. The van der Waals surface area contributed by atoms with Crippen molar-refractivity contribution < 1.29 is 14.6 Å². The van der Waals surface area contributed by atoms with Crippen molar-refractivity contribution in [2.24, 2.45) is 5.92 Å². The Kier molecular flexibility index (Phi) is 6.97. The van der Waals surface area contributed by atoms with E-state index in [4.69, 9.17) is 4.74 Å². The van der Waals surface area contributed by atoms with E-state index in [0.29, 0.717) is 25.0 Å². The zero-order chi connectivity index (χ0) is 15.1. The minimum Gasteiger partial charge on any atom is -0.466 e. The monoisotopic (exact) mass is 297 g/mol. The van der Waals surface area contributed by atoms with Gasteiger partial charge in [-0.3, -0.25) is 4.79 Å². The number of hydrogen-bond acceptors (Lipinski definition) is 4. The van der Waals surface area contributed by atoms with Crippen LogP contribution in [-0.4, -0.2) is 47.8 Å². The third-order valence-electron chi connectivity index (χ3n) is 5.07. The molecule has 21 heavy (non-hydrogen) atoms. The summed E-state index contributed by atoms with van der Waals surface area (Å²) in [6.45, 7) is 4.64. The maximum atomic E-state index is 11.3. The molecule has 0 aromatic heterocycles. The van der Waals surface area contributed by atoms with Crippen molar-refractivity contribution in [2.75, 3.05) is 19.7 Å². The van der Waals surface area contributed by atoms with Crippen molar-refractivity contribution in [2.45, 2.75) is 76.9 Å². The van der Waals surface area contributed by atoms with Gasteiger partial charge in [0.15, 0.2) is 0 Å². The van der Waals surface area contributed by atoms with Crippen molar-refractivity contribution in [3.8, 4) is 0 Å². The first kappa shape index (κ1) is 16.8. The van der Waals surface area contributed by atoms with Gasteiger partial charge in [0.05, 0.1) is 12.7 Å². The summed E-state index contributed by atoms with van der Waals surface area (Å²) in [6.07, 6.45) is 9.58. The van der Waals surface area contributed by atoms with E-state index in [1.165, 1.54) is 32.2 Å². The molecule has 0 radical (unpaired) electrons. The molecule has 3 unspecified atom stereocenters. The maximum Gasteiger partial charge on any atom is 0.305 e. The van der Waals surface area contributed by atoms with Gasteiger partial charge < -0.3 is 14.7 Å². The van der Waals surface area contributed by atoms with Crippen LogP contribution in [-0.2, 0) is 9.53 Å². The van der Waals surface area contributed by atoms with Crippen molar-refractivity contribution in [3.05, 3.63) is 0 Å². The number of esters is 1. The number of carbonyl (C=O) groups excluding carboxylic acids is 1. The van der Waals surface area contributed by atoms with Gasteiger partial charge in [-0.05, 0) is 58.5 Å². The second-order valence-corrected chi connectivity index (χ2v) is 6.52. The summed E-state index contributed by atoms with van der Waals surface area (Å²) in [5.41, 5.74) is 0. The molecule has 3 atom stereocenters. The highest BCUT2D eigenvalue weighted by Crippen LogP contribution is 2.35. The van der Waals surface area contributed by atoms with Crippen molar-refractivity contribution in [1.82, 2.24) is 4.90 Å². The highest BCUT2D eigenvalue weighted by atomic mass is 16.5. The molecule has 0 aromatic rings. The second kappa shape index (κ2) is 8.74. The molecule has 1 saturated carbocycles. The molecular formula is C17H31NO3. The van der Waals surface area contributed by atoms with Crippen LogP contribution in [0.1, 0.15) is 64.7 Å². The zero-order valence-corrected chi connectivity index (χ0v) is 13.4. The second-order valence-electron chi connectivity index (χ2n) is 6.52. The molecule has 4 heteroatoms. The SMILES string of the molecule is CCOC(=O)CCCCCN1CCCC1C1CCCC1O.